The molecule has 0 spiro atoms. The van der Waals surface area contributed by atoms with Crippen LogP contribution in [-0.4, -0.2) is 11.1 Å². The highest BCUT2D eigenvalue weighted by Crippen LogP contribution is 2.37. The van der Waals surface area contributed by atoms with Gasteiger partial charge in [-0.1, -0.05) is 22.0 Å². The van der Waals surface area contributed by atoms with Gasteiger partial charge in [0, 0.05) is 10.9 Å². The van der Waals surface area contributed by atoms with Gasteiger partial charge in [0.05, 0.1) is 0 Å². The first-order valence-electron chi connectivity index (χ1n) is 5.17. The van der Waals surface area contributed by atoms with Crippen molar-refractivity contribution in [2.24, 2.45) is 0 Å². The van der Waals surface area contributed by atoms with Crippen molar-refractivity contribution in [3.63, 3.8) is 0 Å². The van der Waals surface area contributed by atoms with E-state index in [1.165, 1.54) is 11.1 Å². The first-order valence-corrected chi connectivity index (χ1v) is 5.96. The van der Waals surface area contributed by atoms with Crippen LogP contribution in [-0.2, 0) is 11.2 Å². The molecule has 80 valence electrons. The SMILES string of the molecule is O=C(O)CCC1CCc2ccc(Br)cc21. The van der Waals surface area contributed by atoms with Gasteiger partial charge in [0.2, 0.25) is 0 Å². The Kier molecular flexibility index (Phi) is 3.10. The number of benzene rings is 1. The molecule has 0 aliphatic heterocycles. The van der Waals surface area contributed by atoms with Gasteiger partial charge in [0.15, 0.2) is 0 Å². The minimum absolute atomic E-state index is 0.274. The second kappa shape index (κ2) is 4.35. The minimum Gasteiger partial charge on any atom is -0.481 e. The van der Waals surface area contributed by atoms with Gasteiger partial charge in [0.25, 0.3) is 0 Å². The molecule has 1 N–H and O–H groups in total. The van der Waals surface area contributed by atoms with Gasteiger partial charge in [-0.05, 0) is 48.4 Å². The molecule has 1 atom stereocenters. The Balaban J connectivity index is 2.13. The summed E-state index contributed by atoms with van der Waals surface area (Å²) < 4.78 is 1.09. The molecule has 0 aromatic heterocycles. The zero-order chi connectivity index (χ0) is 10.8. The summed E-state index contributed by atoms with van der Waals surface area (Å²) in [5, 5.41) is 8.67. The number of aliphatic carboxylic acids is 1. The van der Waals surface area contributed by atoms with E-state index in [9.17, 15) is 4.79 Å². The Morgan fingerprint density at radius 2 is 2.33 bits per heavy atom. The van der Waals surface area contributed by atoms with Gasteiger partial charge in [0.1, 0.15) is 0 Å². The number of hydrogen-bond donors (Lipinski definition) is 1. The maximum Gasteiger partial charge on any atom is 0.303 e. The Morgan fingerprint density at radius 1 is 1.53 bits per heavy atom. The molecule has 2 rings (SSSR count). The molecule has 1 aliphatic rings. The van der Waals surface area contributed by atoms with Crippen LogP contribution in [0, 0.1) is 0 Å². The summed E-state index contributed by atoms with van der Waals surface area (Å²) >= 11 is 3.46. The van der Waals surface area contributed by atoms with Crippen molar-refractivity contribution in [3.05, 3.63) is 33.8 Å². The van der Waals surface area contributed by atoms with Crippen LogP contribution >= 0.6 is 15.9 Å². The van der Waals surface area contributed by atoms with Crippen LogP contribution in [0.25, 0.3) is 0 Å². The maximum atomic E-state index is 10.5. The molecule has 0 saturated heterocycles. The van der Waals surface area contributed by atoms with E-state index in [4.69, 9.17) is 5.11 Å². The van der Waals surface area contributed by atoms with Gasteiger partial charge < -0.3 is 5.11 Å². The highest BCUT2D eigenvalue weighted by Gasteiger charge is 2.22. The molecular formula is C12H13BrO2. The van der Waals surface area contributed by atoms with Crippen LogP contribution in [0.5, 0.6) is 0 Å². The molecule has 0 fully saturated rings. The quantitative estimate of drug-likeness (QED) is 0.913. The predicted molar refractivity (Wildman–Crippen MR) is 62.1 cm³/mol. The molecule has 1 aromatic rings. The van der Waals surface area contributed by atoms with E-state index in [0.29, 0.717) is 5.92 Å². The Labute approximate surface area is 97.4 Å². The van der Waals surface area contributed by atoms with Crippen molar-refractivity contribution in [3.8, 4) is 0 Å². The molecular weight excluding hydrogens is 256 g/mol. The first kappa shape index (κ1) is 10.7. The summed E-state index contributed by atoms with van der Waals surface area (Å²) in [7, 11) is 0. The van der Waals surface area contributed by atoms with E-state index in [2.05, 4.69) is 34.1 Å². The van der Waals surface area contributed by atoms with Crippen molar-refractivity contribution in [2.75, 3.05) is 0 Å². The van der Waals surface area contributed by atoms with Gasteiger partial charge in [-0.25, -0.2) is 0 Å². The normalized spacial score (nSPS) is 18.9. The summed E-state index contributed by atoms with van der Waals surface area (Å²) in [6.07, 6.45) is 3.22. The van der Waals surface area contributed by atoms with E-state index in [0.717, 1.165) is 23.7 Å². The molecule has 15 heavy (non-hydrogen) atoms. The fourth-order valence-corrected chi connectivity index (χ4v) is 2.64. The molecule has 1 unspecified atom stereocenters. The zero-order valence-corrected chi connectivity index (χ0v) is 9.96. The number of aryl methyl sites for hydroxylation is 1. The first-order chi connectivity index (χ1) is 7.16. The van der Waals surface area contributed by atoms with Crippen LogP contribution in [0.1, 0.15) is 36.3 Å². The number of fused-ring (bicyclic) bond motifs is 1. The third-order valence-corrected chi connectivity index (χ3v) is 3.51. The van der Waals surface area contributed by atoms with Crippen LogP contribution in [0.4, 0.5) is 0 Å². The lowest BCUT2D eigenvalue weighted by molar-refractivity contribution is -0.137. The lowest BCUT2D eigenvalue weighted by Crippen LogP contribution is -2.00. The van der Waals surface area contributed by atoms with Crippen LogP contribution in [0.2, 0.25) is 0 Å². The number of rotatable bonds is 3. The second-order valence-electron chi connectivity index (χ2n) is 4.01. The zero-order valence-electron chi connectivity index (χ0n) is 8.37. The van der Waals surface area contributed by atoms with Crippen molar-refractivity contribution >= 4 is 21.9 Å². The maximum absolute atomic E-state index is 10.5. The Hall–Kier alpha value is -0.830. The van der Waals surface area contributed by atoms with E-state index in [1.807, 2.05) is 0 Å². The smallest absolute Gasteiger partial charge is 0.303 e. The van der Waals surface area contributed by atoms with Crippen molar-refractivity contribution in [2.45, 2.75) is 31.6 Å². The summed E-state index contributed by atoms with van der Waals surface area (Å²) in [6.45, 7) is 0. The molecule has 0 bridgehead atoms. The van der Waals surface area contributed by atoms with E-state index in [-0.39, 0.29) is 6.42 Å². The molecule has 0 heterocycles. The van der Waals surface area contributed by atoms with E-state index < -0.39 is 5.97 Å². The second-order valence-corrected chi connectivity index (χ2v) is 4.93. The highest BCUT2D eigenvalue weighted by molar-refractivity contribution is 9.10. The van der Waals surface area contributed by atoms with Crippen LogP contribution in [0.15, 0.2) is 22.7 Å². The van der Waals surface area contributed by atoms with Gasteiger partial charge in [-0.15, -0.1) is 0 Å². The number of hydrogen-bond acceptors (Lipinski definition) is 1. The summed E-state index contributed by atoms with van der Waals surface area (Å²) in [4.78, 5) is 10.5. The van der Waals surface area contributed by atoms with Gasteiger partial charge in [-0.2, -0.15) is 0 Å². The summed E-state index contributed by atoms with van der Waals surface area (Å²) in [6, 6.07) is 6.33. The summed E-state index contributed by atoms with van der Waals surface area (Å²) in [5.74, 6) is -0.257. The van der Waals surface area contributed by atoms with Crippen molar-refractivity contribution in [1.29, 1.82) is 0 Å². The largest absolute Gasteiger partial charge is 0.481 e. The minimum atomic E-state index is -0.696. The fraction of sp³-hybridized carbons (Fsp3) is 0.417. The lowest BCUT2D eigenvalue weighted by Gasteiger charge is -2.09. The molecule has 1 aromatic carbocycles. The molecule has 2 nitrogen and oxygen atoms in total. The number of carboxylic acid groups (broad SMARTS) is 1. The van der Waals surface area contributed by atoms with E-state index in [1.54, 1.807) is 0 Å². The standard InChI is InChI=1S/C12H13BrO2/c13-10-5-3-8-1-2-9(11(8)7-10)4-6-12(14)15/h3,5,7,9H,1-2,4,6H2,(H,14,15). The predicted octanol–water partition coefficient (Wildman–Crippen LogP) is 3.34. The average molecular weight is 269 g/mol. The van der Waals surface area contributed by atoms with Crippen LogP contribution in [0.3, 0.4) is 0 Å². The number of halogens is 1. The Bertz CT molecular complexity index is 387. The Morgan fingerprint density at radius 3 is 3.07 bits per heavy atom. The average Bonchev–Trinajstić information content (AvgIpc) is 2.57. The lowest BCUT2D eigenvalue weighted by atomic mass is 9.96. The number of carboxylic acids is 1. The number of carbonyl (C=O) groups is 1. The molecule has 1 aliphatic carbocycles. The molecule has 0 radical (unpaired) electrons. The van der Waals surface area contributed by atoms with Crippen molar-refractivity contribution in [1.82, 2.24) is 0 Å². The third-order valence-electron chi connectivity index (χ3n) is 3.02. The molecule has 0 saturated carbocycles. The monoisotopic (exact) mass is 268 g/mol. The molecule has 3 heteroatoms. The third kappa shape index (κ3) is 2.40. The van der Waals surface area contributed by atoms with Crippen molar-refractivity contribution < 1.29 is 9.90 Å². The highest BCUT2D eigenvalue weighted by atomic mass is 79.9. The van der Waals surface area contributed by atoms with Crippen LogP contribution < -0.4 is 0 Å². The van der Waals surface area contributed by atoms with E-state index >= 15 is 0 Å². The summed E-state index contributed by atoms with van der Waals surface area (Å²) in [5.41, 5.74) is 2.72. The van der Waals surface area contributed by atoms with Gasteiger partial charge >= 0.3 is 5.97 Å². The topological polar surface area (TPSA) is 37.3 Å². The van der Waals surface area contributed by atoms with Gasteiger partial charge in [-0.3, -0.25) is 4.79 Å². The molecule has 0 amide bonds. The fourth-order valence-electron chi connectivity index (χ4n) is 2.26.